The van der Waals surface area contributed by atoms with Crippen LogP contribution < -0.4 is 0 Å². The molecule has 0 aromatic carbocycles. The first-order valence-corrected chi connectivity index (χ1v) is 12.4. The van der Waals surface area contributed by atoms with Crippen LogP contribution in [0.4, 0.5) is 0 Å². The quantitative estimate of drug-likeness (QED) is 0.473. The third-order valence-corrected chi connectivity index (χ3v) is 10.1. The second-order valence-corrected chi connectivity index (χ2v) is 12.0. The lowest BCUT2D eigenvalue weighted by Gasteiger charge is -2.59. The second kappa shape index (κ2) is 7.62. The molecule has 3 saturated carbocycles. The zero-order valence-corrected chi connectivity index (χ0v) is 19.1. The molecule has 0 amide bonds. The summed E-state index contributed by atoms with van der Waals surface area (Å²) < 4.78 is 5.86. The molecule has 28 heavy (non-hydrogen) atoms. The first-order valence-electron chi connectivity index (χ1n) is 12.4. The summed E-state index contributed by atoms with van der Waals surface area (Å²) in [5.41, 5.74) is 0.812. The molecule has 0 spiro atoms. The number of rotatable bonds is 5. The Kier molecular flexibility index (Phi) is 5.64. The SMILES string of the molecule is CC(C)CCC[C@H](C)[C@H]1CC[C@H]2[C@H]3CC[C@H]4OC(=O)CC[C@]4(C)[C@@H]3CC[C@]12C. The van der Waals surface area contributed by atoms with Gasteiger partial charge in [0.25, 0.3) is 0 Å². The van der Waals surface area contributed by atoms with E-state index in [4.69, 9.17) is 4.74 Å². The van der Waals surface area contributed by atoms with Crippen molar-refractivity contribution in [1.29, 1.82) is 0 Å². The number of esters is 1. The van der Waals surface area contributed by atoms with E-state index < -0.39 is 0 Å². The molecule has 0 radical (unpaired) electrons. The first kappa shape index (κ1) is 20.7. The summed E-state index contributed by atoms with van der Waals surface area (Å²) in [6, 6.07) is 0. The molecule has 160 valence electrons. The van der Waals surface area contributed by atoms with Gasteiger partial charge in [-0.1, -0.05) is 53.9 Å². The Balaban J connectivity index is 1.47. The van der Waals surface area contributed by atoms with Crippen LogP contribution in [0.25, 0.3) is 0 Å². The lowest BCUT2D eigenvalue weighted by Crippen LogP contribution is -2.56. The molecular formula is C26H44O2. The standard InChI is InChI=1S/C26H44O2/c1-17(2)7-6-8-18(3)20-10-11-21-19-9-12-23-26(5,16-14-24(27)28-23)22(19)13-15-25(20,21)4/h17-23H,6-16H2,1-5H3/t18-,19+,20+,21-,22+,23+,25+,26+/m0/s1. The lowest BCUT2D eigenvalue weighted by molar-refractivity contribution is -0.192. The van der Waals surface area contributed by atoms with Gasteiger partial charge in [0.2, 0.25) is 0 Å². The van der Waals surface area contributed by atoms with Gasteiger partial charge in [-0.15, -0.1) is 0 Å². The monoisotopic (exact) mass is 388 g/mol. The maximum atomic E-state index is 11.9. The zero-order chi connectivity index (χ0) is 20.1. The number of carbonyl (C=O) groups is 1. The van der Waals surface area contributed by atoms with Gasteiger partial charge in [-0.05, 0) is 85.9 Å². The lowest BCUT2D eigenvalue weighted by atomic mass is 9.47. The van der Waals surface area contributed by atoms with Crippen molar-refractivity contribution in [2.24, 2.45) is 46.3 Å². The van der Waals surface area contributed by atoms with Crippen LogP contribution in [0.5, 0.6) is 0 Å². The van der Waals surface area contributed by atoms with Gasteiger partial charge >= 0.3 is 5.97 Å². The molecular weight excluding hydrogens is 344 g/mol. The van der Waals surface area contributed by atoms with Gasteiger partial charge in [0.05, 0.1) is 0 Å². The highest BCUT2D eigenvalue weighted by Gasteiger charge is 2.61. The van der Waals surface area contributed by atoms with E-state index in [2.05, 4.69) is 34.6 Å². The van der Waals surface area contributed by atoms with Crippen LogP contribution in [0.3, 0.4) is 0 Å². The Labute approximate surface area is 173 Å². The maximum absolute atomic E-state index is 11.9. The third-order valence-electron chi connectivity index (χ3n) is 10.1. The smallest absolute Gasteiger partial charge is 0.306 e. The fourth-order valence-electron chi connectivity index (χ4n) is 8.57. The van der Waals surface area contributed by atoms with Crippen molar-refractivity contribution in [3.63, 3.8) is 0 Å². The molecule has 1 aliphatic heterocycles. The summed E-state index contributed by atoms with van der Waals surface area (Å²) in [6.45, 7) is 12.4. The average molecular weight is 389 g/mol. The Morgan fingerprint density at radius 1 is 0.929 bits per heavy atom. The van der Waals surface area contributed by atoms with Crippen LogP contribution in [0.1, 0.15) is 105 Å². The molecule has 1 heterocycles. The van der Waals surface area contributed by atoms with Gasteiger partial charge < -0.3 is 4.74 Å². The van der Waals surface area contributed by atoms with E-state index in [0.29, 0.717) is 11.8 Å². The van der Waals surface area contributed by atoms with E-state index in [1.807, 2.05) is 0 Å². The predicted octanol–water partition coefficient (Wildman–Crippen LogP) is 7.01. The number of hydrogen-bond donors (Lipinski definition) is 0. The number of fused-ring (bicyclic) bond motifs is 5. The largest absolute Gasteiger partial charge is 0.462 e. The fourth-order valence-corrected chi connectivity index (χ4v) is 8.57. The number of ether oxygens (including phenoxy) is 1. The van der Waals surface area contributed by atoms with Gasteiger partial charge in [0.15, 0.2) is 0 Å². The summed E-state index contributed by atoms with van der Waals surface area (Å²) in [5.74, 6) is 5.29. The highest BCUT2D eigenvalue weighted by atomic mass is 16.5. The van der Waals surface area contributed by atoms with Gasteiger partial charge in [-0.3, -0.25) is 4.79 Å². The predicted molar refractivity (Wildman–Crippen MR) is 115 cm³/mol. The third kappa shape index (κ3) is 3.35. The Morgan fingerprint density at radius 3 is 2.43 bits per heavy atom. The van der Waals surface area contributed by atoms with Crippen molar-refractivity contribution >= 4 is 5.97 Å². The molecule has 4 aliphatic rings. The van der Waals surface area contributed by atoms with Crippen molar-refractivity contribution < 1.29 is 9.53 Å². The van der Waals surface area contributed by atoms with E-state index in [0.717, 1.165) is 48.3 Å². The van der Waals surface area contributed by atoms with Gasteiger partial charge in [0, 0.05) is 11.8 Å². The van der Waals surface area contributed by atoms with Crippen LogP contribution >= 0.6 is 0 Å². The molecule has 1 saturated heterocycles. The van der Waals surface area contributed by atoms with Gasteiger partial charge in [0.1, 0.15) is 6.10 Å². The molecule has 0 N–H and O–H groups in total. The minimum absolute atomic E-state index is 0.0534. The Hall–Kier alpha value is -0.530. The van der Waals surface area contributed by atoms with Crippen molar-refractivity contribution in [3.8, 4) is 0 Å². The molecule has 3 aliphatic carbocycles. The van der Waals surface area contributed by atoms with Crippen LogP contribution in [0.2, 0.25) is 0 Å². The Bertz CT molecular complexity index is 583. The van der Waals surface area contributed by atoms with Crippen molar-refractivity contribution in [3.05, 3.63) is 0 Å². The summed E-state index contributed by atoms with van der Waals surface area (Å²) >= 11 is 0. The molecule has 0 aromatic heterocycles. The van der Waals surface area contributed by atoms with E-state index in [-0.39, 0.29) is 17.5 Å². The topological polar surface area (TPSA) is 26.3 Å². The van der Waals surface area contributed by atoms with Crippen molar-refractivity contribution in [2.75, 3.05) is 0 Å². The molecule has 2 nitrogen and oxygen atoms in total. The maximum Gasteiger partial charge on any atom is 0.306 e. The molecule has 8 atom stereocenters. The van der Waals surface area contributed by atoms with Crippen molar-refractivity contribution in [1.82, 2.24) is 0 Å². The number of carbonyl (C=O) groups excluding carboxylic acids is 1. The van der Waals surface area contributed by atoms with Crippen LogP contribution in [0.15, 0.2) is 0 Å². The average Bonchev–Trinajstić information content (AvgIpc) is 2.99. The van der Waals surface area contributed by atoms with Gasteiger partial charge in [-0.2, -0.15) is 0 Å². The molecule has 4 fully saturated rings. The molecule has 0 aromatic rings. The molecule has 4 rings (SSSR count). The first-order chi connectivity index (χ1) is 13.3. The summed E-state index contributed by atoms with van der Waals surface area (Å²) in [6.07, 6.45) is 14.3. The highest BCUT2D eigenvalue weighted by Crippen LogP contribution is 2.67. The van der Waals surface area contributed by atoms with E-state index in [1.165, 1.54) is 51.4 Å². The fraction of sp³-hybridized carbons (Fsp3) is 0.962. The van der Waals surface area contributed by atoms with Crippen molar-refractivity contribution in [2.45, 2.75) is 111 Å². The second-order valence-electron chi connectivity index (χ2n) is 12.0. The van der Waals surface area contributed by atoms with E-state index in [1.54, 1.807) is 0 Å². The minimum atomic E-state index is 0.0534. The Morgan fingerprint density at radius 2 is 1.68 bits per heavy atom. The van der Waals surface area contributed by atoms with Gasteiger partial charge in [-0.25, -0.2) is 0 Å². The van der Waals surface area contributed by atoms with Crippen LogP contribution in [-0.2, 0) is 9.53 Å². The summed E-state index contributed by atoms with van der Waals surface area (Å²) in [5, 5.41) is 0. The normalized spacial score (nSPS) is 46.5. The van der Waals surface area contributed by atoms with E-state index in [9.17, 15) is 4.79 Å². The minimum Gasteiger partial charge on any atom is -0.462 e. The molecule has 0 bridgehead atoms. The summed E-state index contributed by atoms with van der Waals surface area (Å²) in [4.78, 5) is 11.9. The molecule has 2 heteroatoms. The highest BCUT2D eigenvalue weighted by molar-refractivity contribution is 5.70. The zero-order valence-electron chi connectivity index (χ0n) is 19.1. The number of hydrogen-bond acceptors (Lipinski definition) is 2. The van der Waals surface area contributed by atoms with Crippen LogP contribution in [-0.4, -0.2) is 12.1 Å². The summed E-state index contributed by atoms with van der Waals surface area (Å²) in [7, 11) is 0. The van der Waals surface area contributed by atoms with Crippen LogP contribution in [0, 0.1) is 46.3 Å². The molecule has 0 unspecified atom stereocenters. The van der Waals surface area contributed by atoms with E-state index >= 15 is 0 Å².